The second-order valence-corrected chi connectivity index (χ2v) is 7.07. The average molecular weight is 357 g/mol. The van der Waals surface area contributed by atoms with Crippen molar-refractivity contribution in [3.63, 3.8) is 0 Å². The van der Waals surface area contributed by atoms with Crippen molar-refractivity contribution >= 4 is 15.9 Å². The minimum absolute atomic E-state index is 0.826. The molecule has 0 aromatic carbocycles. The van der Waals surface area contributed by atoms with Gasteiger partial charge in [-0.3, -0.25) is 4.68 Å². The highest BCUT2D eigenvalue weighted by molar-refractivity contribution is 9.10. The summed E-state index contributed by atoms with van der Waals surface area (Å²) in [6, 6.07) is 0.826. The lowest BCUT2D eigenvalue weighted by atomic mass is 9.94. The average Bonchev–Trinajstić information content (AvgIpc) is 2.73. The van der Waals surface area contributed by atoms with Crippen LogP contribution in [0.3, 0.4) is 0 Å². The van der Waals surface area contributed by atoms with Crippen molar-refractivity contribution in [2.45, 2.75) is 58.0 Å². The molecular formula is C16H29BrN4. The van der Waals surface area contributed by atoms with Gasteiger partial charge in [-0.05, 0) is 62.3 Å². The highest BCUT2D eigenvalue weighted by Crippen LogP contribution is 2.22. The van der Waals surface area contributed by atoms with Gasteiger partial charge < -0.3 is 10.2 Å². The highest BCUT2D eigenvalue weighted by Gasteiger charge is 2.17. The molecule has 1 aromatic heterocycles. The first-order chi connectivity index (χ1) is 10.1. The SMILES string of the molecule is Cc1nn(C)c(CNCCCN(C)C2CCCCC2)c1Br. The number of nitrogens with zero attached hydrogens (tertiary/aromatic N) is 3. The number of aromatic nitrogens is 2. The van der Waals surface area contributed by atoms with Crippen molar-refractivity contribution in [3.05, 3.63) is 15.9 Å². The molecule has 4 nitrogen and oxygen atoms in total. The van der Waals surface area contributed by atoms with Crippen molar-refractivity contribution in [2.75, 3.05) is 20.1 Å². The van der Waals surface area contributed by atoms with Crippen LogP contribution in [0.4, 0.5) is 0 Å². The van der Waals surface area contributed by atoms with Crippen molar-refractivity contribution in [1.82, 2.24) is 20.0 Å². The molecule has 1 N–H and O–H groups in total. The molecule has 0 radical (unpaired) electrons. The van der Waals surface area contributed by atoms with Crippen LogP contribution in [0.15, 0.2) is 4.47 Å². The molecule has 0 atom stereocenters. The van der Waals surface area contributed by atoms with Gasteiger partial charge in [-0.1, -0.05) is 19.3 Å². The molecule has 0 spiro atoms. The van der Waals surface area contributed by atoms with E-state index in [1.165, 1.54) is 50.8 Å². The maximum absolute atomic E-state index is 4.42. The number of hydrogen-bond acceptors (Lipinski definition) is 3. The lowest BCUT2D eigenvalue weighted by Crippen LogP contribution is -2.35. The van der Waals surface area contributed by atoms with Gasteiger partial charge in [0.25, 0.3) is 0 Å². The summed E-state index contributed by atoms with van der Waals surface area (Å²) < 4.78 is 3.09. The minimum atomic E-state index is 0.826. The Labute approximate surface area is 137 Å². The molecule has 2 rings (SSSR count). The van der Waals surface area contributed by atoms with Crippen molar-refractivity contribution < 1.29 is 0 Å². The molecule has 1 aromatic rings. The van der Waals surface area contributed by atoms with Crippen LogP contribution >= 0.6 is 15.9 Å². The largest absolute Gasteiger partial charge is 0.311 e. The van der Waals surface area contributed by atoms with Crippen LogP contribution in [-0.2, 0) is 13.6 Å². The zero-order valence-electron chi connectivity index (χ0n) is 13.7. The standard InChI is InChI=1S/C16H29BrN4/c1-13-16(17)15(21(3)19-13)12-18-10-7-11-20(2)14-8-5-4-6-9-14/h14,18H,4-12H2,1-3H3. The molecule has 1 saturated carbocycles. The summed E-state index contributed by atoms with van der Waals surface area (Å²) in [5.41, 5.74) is 2.29. The Balaban J connectivity index is 1.63. The Morgan fingerprint density at radius 3 is 2.67 bits per heavy atom. The van der Waals surface area contributed by atoms with E-state index in [1.807, 2.05) is 18.7 Å². The number of halogens is 1. The molecule has 1 fully saturated rings. The molecule has 120 valence electrons. The minimum Gasteiger partial charge on any atom is -0.311 e. The van der Waals surface area contributed by atoms with Crippen LogP contribution in [0.2, 0.25) is 0 Å². The third kappa shape index (κ3) is 4.80. The van der Waals surface area contributed by atoms with Gasteiger partial charge in [-0.15, -0.1) is 0 Å². The summed E-state index contributed by atoms with van der Waals surface area (Å²) in [4.78, 5) is 2.56. The maximum atomic E-state index is 4.42. The van der Waals surface area contributed by atoms with Crippen LogP contribution in [0, 0.1) is 6.92 Å². The number of rotatable bonds is 7. The fourth-order valence-electron chi connectivity index (χ4n) is 3.24. The van der Waals surface area contributed by atoms with Crippen LogP contribution in [0.5, 0.6) is 0 Å². The van der Waals surface area contributed by atoms with E-state index >= 15 is 0 Å². The lowest BCUT2D eigenvalue weighted by Gasteiger charge is -2.31. The second-order valence-electron chi connectivity index (χ2n) is 6.27. The van der Waals surface area contributed by atoms with Crippen LogP contribution in [0.1, 0.15) is 49.9 Å². The van der Waals surface area contributed by atoms with Gasteiger partial charge in [0.05, 0.1) is 15.9 Å². The van der Waals surface area contributed by atoms with Gasteiger partial charge in [0.2, 0.25) is 0 Å². The Hall–Kier alpha value is -0.390. The molecule has 1 aliphatic rings. The van der Waals surface area contributed by atoms with E-state index in [0.717, 1.165) is 29.3 Å². The molecule has 1 aliphatic carbocycles. The Bertz CT molecular complexity index is 438. The normalized spacial score (nSPS) is 16.8. The summed E-state index contributed by atoms with van der Waals surface area (Å²) in [5.74, 6) is 0. The Morgan fingerprint density at radius 2 is 2.05 bits per heavy atom. The fraction of sp³-hybridized carbons (Fsp3) is 0.812. The van der Waals surface area contributed by atoms with E-state index in [4.69, 9.17) is 0 Å². The molecule has 0 unspecified atom stereocenters. The van der Waals surface area contributed by atoms with E-state index in [1.54, 1.807) is 0 Å². The predicted molar refractivity (Wildman–Crippen MR) is 91.5 cm³/mol. The molecule has 5 heteroatoms. The zero-order valence-corrected chi connectivity index (χ0v) is 15.2. The lowest BCUT2D eigenvalue weighted by molar-refractivity contribution is 0.189. The Kier molecular flexibility index (Phi) is 6.71. The quantitative estimate of drug-likeness (QED) is 0.761. The van der Waals surface area contributed by atoms with Crippen LogP contribution in [0.25, 0.3) is 0 Å². The fourth-order valence-corrected chi connectivity index (χ4v) is 3.71. The predicted octanol–water partition coefficient (Wildman–Crippen LogP) is 3.24. The van der Waals surface area contributed by atoms with Crippen molar-refractivity contribution in [3.8, 4) is 0 Å². The van der Waals surface area contributed by atoms with E-state index in [0.29, 0.717) is 0 Å². The molecule has 1 heterocycles. The molecule has 0 aliphatic heterocycles. The van der Waals surface area contributed by atoms with Gasteiger partial charge in [-0.25, -0.2) is 0 Å². The first-order valence-electron chi connectivity index (χ1n) is 8.18. The maximum Gasteiger partial charge on any atom is 0.0739 e. The number of hydrogen-bond donors (Lipinski definition) is 1. The van der Waals surface area contributed by atoms with Crippen LogP contribution < -0.4 is 5.32 Å². The molecular weight excluding hydrogens is 328 g/mol. The van der Waals surface area contributed by atoms with E-state index < -0.39 is 0 Å². The first kappa shape index (κ1) is 17.0. The van der Waals surface area contributed by atoms with Gasteiger partial charge >= 0.3 is 0 Å². The molecule has 0 bridgehead atoms. The summed E-state index contributed by atoms with van der Waals surface area (Å²) >= 11 is 3.61. The molecule has 21 heavy (non-hydrogen) atoms. The molecule has 0 saturated heterocycles. The van der Waals surface area contributed by atoms with E-state index in [-0.39, 0.29) is 0 Å². The zero-order chi connectivity index (χ0) is 15.2. The topological polar surface area (TPSA) is 33.1 Å². The van der Waals surface area contributed by atoms with Crippen molar-refractivity contribution in [2.24, 2.45) is 7.05 Å². The summed E-state index contributed by atoms with van der Waals surface area (Å²) in [7, 11) is 4.29. The van der Waals surface area contributed by atoms with E-state index in [9.17, 15) is 0 Å². The Morgan fingerprint density at radius 1 is 1.33 bits per heavy atom. The highest BCUT2D eigenvalue weighted by atomic mass is 79.9. The number of nitrogens with one attached hydrogen (secondary N) is 1. The van der Waals surface area contributed by atoms with Crippen molar-refractivity contribution in [1.29, 1.82) is 0 Å². The summed E-state index contributed by atoms with van der Waals surface area (Å²) in [5, 5.41) is 7.96. The first-order valence-corrected chi connectivity index (χ1v) is 8.98. The van der Waals surface area contributed by atoms with Gasteiger partial charge in [0.15, 0.2) is 0 Å². The van der Waals surface area contributed by atoms with Crippen LogP contribution in [-0.4, -0.2) is 40.9 Å². The summed E-state index contributed by atoms with van der Waals surface area (Å²) in [6.07, 6.45) is 8.27. The monoisotopic (exact) mass is 356 g/mol. The number of aryl methyl sites for hydroxylation is 2. The van der Waals surface area contributed by atoms with Gasteiger partial charge in [0, 0.05) is 19.6 Å². The van der Waals surface area contributed by atoms with E-state index in [2.05, 4.69) is 38.3 Å². The summed E-state index contributed by atoms with van der Waals surface area (Å²) in [6.45, 7) is 5.18. The third-order valence-corrected chi connectivity index (χ3v) is 5.65. The van der Waals surface area contributed by atoms with Gasteiger partial charge in [-0.2, -0.15) is 5.10 Å². The molecule has 0 amide bonds. The third-order valence-electron chi connectivity index (χ3n) is 4.62. The second kappa shape index (κ2) is 8.30. The van der Waals surface area contributed by atoms with Gasteiger partial charge in [0.1, 0.15) is 0 Å². The smallest absolute Gasteiger partial charge is 0.0739 e.